The summed E-state index contributed by atoms with van der Waals surface area (Å²) >= 11 is 0. The summed E-state index contributed by atoms with van der Waals surface area (Å²) in [4.78, 5) is 9.98. The number of nitro groups is 1. The zero-order valence-corrected chi connectivity index (χ0v) is 8.80. The predicted octanol–water partition coefficient (Wildman–Crippen LogP) is 1.23. The minimum absolute atomic E-state index is 0.00792. The van der Waals surface area contributed by atoms with Crippen LogP contribution in [-0.2, 0) is 0 Å². The van der Waals surface area contributed by atoms with E-state index in [0.29, 0.717) is 12.2 Å². The summed E-state index contributed by atoms with van der Waals surface area (Å²) in [6.45, 7) is 2.28. The van der Waals surface area contributed by atoms with E-state index in [-0.39, 0.29) is 17.3 Å². The molecule has 6 heteroatoms. The largest absolute Gasteiger partial charge is 0.380 e. The molecular formula is C10H12N4O2. The van der Waals surface area contributed by atoms with Gasteiger partial charge >= 0.3 is 0 Å². The lowest BCUT2D eigenvalue weighted by atomic mass is 10.1. The first-order valence-corrected chi connectivity index (χ1v) is 4.73. The smallest absolute Gasteiger partial charge is 0.270 e. The number of nitrogens with one attached hydrogen (secondary N) is 1. The molecular weight excluding hydrogens is 208 g/mol. The summed E-state index contributed by atoms with van der Waals surface area (Å²) in [6, 6.07) is 6.03. The van der Waals surface area contributed by atoms with E-state index >= 15 is 0 Å². The summed E-state index contributed by atoms with van der Waals surface area (Å²) in [5, 5.41) is 22.4. The van der Waals surface area contributed by atoms with Crippen LogP contribution in [0.4, 0.5) is 11.4 Å². The molecule has 0 aromatic heterocycles. The van der Waals surface area contributed by atoms with Crippen molar-refractivity contribution in [2.45, 2.75) is 13.0 Å². The first-order chi connectivity index (χ1) is 7.58. The van der Waals surface area contributed by atoms with Gasteiger partial charge < -0.3 is 11.1 Å². The molecule has 16 heavy (non-hydrogen) atoms. The molecule has 0 bridgehead atoms. The van der Waals surface area contributed by atoms with Crippen molar-refractivity contribution in [1.82, 2.24) is 0 Å². The average molecular weight is 220 g/mol. The van der Waals surface area contributed by atoms with E-state index in [1.807, 2.05) is 13.0 Å². The molecule has 84 valence electrons. The number of rotatable bonds is 4. The van der Waals surface area contributed by atoms with Crippen LogP contribution in [0, 0.1) is 21.4 Å². The highest BCUT2D eigenvalue weighted by Crippen LogP contribution is 2.21. The Morgan fingerprint density at radius 3 is 2.88 bits per heavy atom. The predicted molar refractivity (Wildman–Crippen MR) is 60.0 cm³/mol. The topological polar surface area (TPSA) is 105 Å². The highest BCUT2D eigenvalue weighted by atomic mass is 16.6. The van der Waals surface area contributed by atoms with Crippen LogP contribution in [0.5, 0.6) is 0 Å². The zero-order chi connectivity index (χ0) is 12.1. The van der Waals surface area contributed by atoms with Gasteiger partial charge in [-0.25, -0.2) is 0 Å². The highest BCUT2D eigenvalue weighted by Gasteiger charge is 2.11. The van der Waals surface area contributed by atoms with E-state index in [2.05, 4.69) is 5.32 Å². The summed E-state index contributed by atoms with van der Waals surface area (Å²) < 4.78 is 0. The van der Waals surface area contributed by atoms with Gasteiger partial charge in [0.1, 0.15) is 6.07 Å². The lowest BCUT2D eigenvalue weighted by Gasteiger charge is -2.13. The van der Waals surface area contributed by atoms with Gasteiger partial charge in [0.15, 0.2) is 0 Å². The van der Waals surface area contributed by atoms with Crippen molar-refractivity contribution in [2.75, 3.05) is 11.9 Å². The van der Waals surface area contributed by atoms with Gasteiger partial charge in [-0.2, -0.15) is 5.26 Å². The Balaban J connectivity index is 3.03. The average Bonchev–Trinajstić information content (AvgIpc) is 2.29. The molecule has 0 fully saturated rings. The summed E-state index contributed by atoms with van der Waals surface area (Å²) in [5.74, 6) is 0. The molecule has 1 rings (SSSR count). The Kier molecular flexibility index (Phi) is 3.80. The van der Waals surface area contributed by atoms with E-state index in [0.717, 1.165) is 0 Å². The van der Waals surface area contributed by atoms with Crippen LogP contribution >= 0.6 is 0 Å². The SMILES string of the molecule is CC(CN)Nc1ccc([N+](=O)[O-])cc1C#N. The third kappa shape index (κ3) is 2.68. The van der Waals surface area contributed by atoms with Crippen molar-refractivity contribution >= 4 is 11.4 Å². The highest BCUT2D eigenvalue weighted by molar-refractivity contribution is 5.61. The van der Waals surface area contributed by atoms with E-state index in [1.165, 1.54) is 18.2 Å². The second-order valence-corrected chi connectivity index (χ2v) is 3.38. The Bertz CT molecular complexity index is 439. The van der Waals surface area contributed by atoms with E-state index < -0.39 is 4.92 Å². The Morgan fingerprint density at radius 1 is 1.69 bits per heavy atom. The lowest BCUT2D eigenvalue weighted by molar-refractivity contribution is -0.384. The Labute approximate surface area is 92.8 Å². The normalized spacial score (nSPS) is 11.6. The number of nitrogens with two attached hydrogens (primary N) is 1. The van der Waals surface area contributed by atoms with Crippen molar-refractivity contribution in [3.8, 4) is 6.07 Å². The van der Waals surface area contributed by atoms with Crippen LogP contribution < -0.4 is 11.1 Å². The number of hydrogen-bond acceptors (Lipinski definition) is 5. The molecule has 0 aliphatic rings. The van der Waals surface area contributed by atoms with Crippen LogP contribution in [-0.4, -0.2) is 17.5 Å². The lowest BCUT2D eigenvalue weighted by Crippen LogP contribution is -2.25. The molecule has 6 nitrogen and oxygen atoms in total. The molecule has 0 amide bonds. The van der Waals surface area contributed by atoms with E-state index in [1.54, 1.807) is 0 Å². The molecule has 1 aromatic rings. The van der Waals surface area contributed by atoms with Gasteiger partial charge in [-0.05, 0) is 13.0 Å². The Hall–Kier alpha value is -2.13. The van der Waals surface area contributed by atoms with Crippen LogP contribution in [0.15, 0.2) is 18.2 Å². The number of nitrogens with zero attached hydrogens (tertiary/aromatic N) is 2. The van der Waals surface area contributed by atoms with Crippen molar-refractivity contribution in [3.05, 3.63) is 33.9 Å². The van der Waals surface area contributed by atoms with Gasteiger partial charge in [-0.15, -0.1) is 0 Å². The number of anilines is 1. The maximum absolute atomic E-state index is 10.5. The van der Waals surface area contributed by atoms with E-state index in [4.69, 9.17) is 11.0 Å². The molecule has 3 N–H and O–H groups in total. The standard InChI is InChI=1S/C10H12N4O2/c1-7(5-11)13-10-3-2-9(14(15)16)4-8(10)6-12/h2-4,7,13H,5,11H2,1H3. The van der Waals surface area contributed by atoms with Crippen LogP contribution in [0.25, 0.3) is 0 Å². The van der Waals surface area contributed by atoms with Crippen LogP contribution in [0.2, 0.25) is 0 Å². The summed E-state index contributed by atoms with van der Waals surface area (Å²) in [7, 11) is 0. The van der Waals surface area contributed by atoms with Crippen molar-refractivity contribution in [1.29, 1.82) is 5.26 Å². The second kappa shape index (κ2) is 5.09. The fraction of sp³-hybridized carbons (Fsp3) is 0.300. The molecule has 0 heterocycles. The fourth-order valence-corrected chi connectivity index (χ4v) is 1.19. The molecule has 0 aliphatic carbocycles. The molecule has 1 atom stereocenters. The Morgan fingerprint density at radius 2 is 2.38 bits per heavy atom. The van der Waals surface area contributed by atoms with E-state index in [9.17, 15) is 10.1 Å². The van der Waals surface area contributed by atoms with Gasteiger partial charge in [-0.1, -0.05) is 0 Å². The molecule has 0 saturated heterocycles. The fourth-order valence-electron chi connectivity index (χ4n) is 1.19. The molecule has 0 radical (unpaired) electrons. The first kappa shape index (κ1) is 11.9. The molecule has 0 spiro atoms. The molecule has 0 saturated carbocycles. The second-order valence-electron chi connectivity index (χ2n) is 3.38. The van der Waals surface area contributed by atoms with Gasteiger partial charge in [-0.3, -0.25) is 10.1 Å². The third-order valence-corrected chi connectivity index (χ3v) is 2.09. The van der Waals surface area contributed by atoms with Crippen LogP contribution in [0.1, 0.15) is 12.5 Å². The van der Waals surface area contributed by atoms with Gasteiger partial charge in [0, 0.05) is 24.7 Å². The van der Waals surface area contributed by atoms with Gasteiger partial charge in [0.2, 0.25) is 0 Å². The molecule has 1 aromatic carbocycles. The maximum Gasteiger partial charge on any atom is 0.270 e. The number of nitriles is 1. The number of non-ortho nitro benzene ring substituents is 1. The first-order valence-electron chi connectivity index (χ1n) is 4.73. The molecule has 0 aliphatic heterocycles. The summed E-state index contributed by atoms with van der Waals surface area (Å²) in [5.41, 5.74) is 6.15. The quantitative estimate of drug-likeness (QED) is 0.586. The zero-order valence-electron chi connectivity index (χ0n) is 8.80. The number of nitro benzene ring substituents is 1. The van der Waals surface area contributed by atoms with Gasteiger partial charge in [0.05, 0.1) is 16.2 Å². The van der Waals surface area contributed by atoms with Crippen molar-refractivity contribution in [2.24, 2.45) is 5.73 Å². The minimum atomic E-state index is -0.531. The number of benzene rings is 1. The number of hydrogen-bond donors (Lipinski definition) is 2. The summed E-state index contributed by atoms with van der Waals surface area (Å²) in [6.07, 6.45) is 0. The third-order valence-electron chi connectivity index (χ3n) is 2.09. The molecule has 1 unspecified atom stereocenters. The minimum Gasteiger partial charge on any atom is -0.380 e. The monoisotopic (exact) mass is 220 g/mol. The van der Waals surface area contributed by atoms with Gasteiger partial charge in [0.25, 0.3) is 5.69 Å². The maximum atomic E-state index is 10.5. The van der Waals surface area contributed by atoms with Crippen molar-refractivity contribution < 1.29 is 4.92 Å². The van der Waals surface area contributed by atoms with Crippen molar-refractivity contribution in [3.63, 3.8) is 0 Å². The van der Waals surface area contributed by atoms with Crippen LogP contribution in [0.3, 0.4) is 0 Å².